The van der Waals surface area contributed by atoms with Gasteiger partial charge in [0.25, 0.3) is 0 Å². The van der Waals surface area contributed by atoms with Gasteiger partial charge >= 0.3 is 0 Å². The first kappa shape index (κ1) is 19.9. The molecule has 3 aromatic heterocycles. The normalized spacial score (nSPS) is 11.9. The number of hydrogen-bond acceptors (Lipinski definition) is 7. The summed E-state index contributed by atoms with van der Waals surface area (Å²) in [6, 6.07) is 18.1. The molecule has 0 radical (unpaired) electrons. The quantitative estimate of drug-likeness (QED) is 0.378. The van der Waals surface area contributed by atoms with E-state index < -0.39 is 9.84 Å². The molecule has 0 spiro atoms. The van der Waals surface area contributed by atoms with Gasteiger partial charge in [0.15, 0.2) is 5.65 Å². The summed E-state index contributed by atoms with van der Waals surface area (Å²) in [5, 5.41) is 11.0. The molecule has 2 aromatic carbocycles. The Kier molecular flexibility index (Phi) is 4.88. The van der Waals surface area contributed by atoms with Crippen LogP contribution in [0.4, 0.5) is 5.82 Å². The highest BCUT2D eigenvalue weighted by Crippen LogP contribution is 2.33. The number of rotatable bonds is 5. The average Bonchev–Trinajstić information content (AvgIpc) is 3.41. The van der Waals surface area contributed by atoms with Gasteiger partial charge < -0.3 is 4.90 Å². The van der Waals surface area contributed by atoms with Crippen LogP contribution in [-0.2, 0) is 16.4 Å². The molecule has 31 heavy (non-hydrogen) atoms. The molecule has 0 N–H and O–H groups in total. The third-order valence-corrected chi connectivity index (χ3v) is 7.66. The van der Waals surface area contributed by atoms with Gasteiger partial charge in [-0.1, -0.05) is 53.2 Å². The molecule has 0 fully saturated rings. The zero-order valence-corrected chi connectivity index (χ0v) is 18.7. The van der Waals surface area contributed by atoms with Gasteiger partial charge in [-0.2, -0.15) is 4.52 Å². The summed E-state index contributed by atoms with van der Waals surface area (Å²) in [5.74, 6) is 0.664. The van der Waals surface area contributed by atoms with E-state index in [0.29, 0.717) is 17.4 Å². The van der Waals surface area contributed by atoms with Crippen molar-refractivity contribution in [3.05, 3.63) is 76.6 Å². The number of halogens is 1. The minimum absolute atomic E-state index is 0.0506. The highest BCUT2D eigenvalue weighted by atomic mass is 35.5. The van der Waals surface area contributed by atoms with Gasteiger partial charge in [-0.05, 0) is 35.2 Å². The van der Waals surface area contributed by atoms with Crippen LogP contribution in [0.5, 0.6) is 0 Å². The first-order valence-corrected chi connectivity index (χ1v) is 12.1. The van der Waals surface area contributed by atoms with E-state index in [2.05, 4.69) is 10.3 Å². The second-order valence-electron chi connectivity index (χ2n) is 7.01. The smallest absolute Gasteiger partial charge is 0.229 e. The number of hydrogen-bond donors (Lipinski definition) is 0. The predicted molar refractivity (Wildman–Crippen MR) is 122 cm³/mol. The Labute approximate surface area is 187 Å². The van der Waals surface area contributed by atoms with Crippen molar-refractivity contribution in [2.75, 3.05) is 11.9 Å². The summed E-state index contributed by atoms with van der Waals surface area (Å²) < 4.78 is 28.0. The Balaban J connectivity index is 1.69. The SMILES string of the molecule is CN(Cc1ccccc1)c1nc2c(S(=O)(=O)c3cccc(Cl)c3)nnn2c2sccc12. The number of sulfone groups is 1. The van der Waals surface area contributed by atoms with Crippen LogP contribution in [0, 0.1) is 0 Å². The predicted octanol–water partition coefficient (Wildman–Crippen LogP) is 4.46. The third kappa shape index (κ3) is 3.44. The van der Waals surface area contributed by atoms with Crippen LogP contribution in [0.3, 0.4) is 0 Å². The van der Waals surface area contributed by atoms with Gasteiger partial charge in [-0.25, -0.2) is 13.4 Å². The molecular formula is C21H16ClN5O2S2. The number of aromatic nitrogens is 4. The molecule has 7 nitrogen and oxygen atoms in total. The molecular weight excluding hydrogens is 454 g/mol. The van der Waals surface area contributed by atoms with Crippen molar-refractivity contribution in [3.8, 4) is 0 Å². The second-order valence-corrected chi connectivity index (χ2v) is 10.2. The largest absolute Gasteiger partial charge is 0.355 e. The fourth-order valence-electron chi connectivity index (χ4n) is 3.43. The standard InChI is InChI=1S/C21H16ClN5O2S2/c1-26(13-14-6-3-2-4-7-14)18-17-10-11-30-21(17)27-19(23-18)20(24-25-27)31(28,29)16-9-5-8-15(22)12-16/h2-12H,13H2,1H3. The maximum Gasteiger partial charge on any atom is 0.229 e. The number of fused-ring (bicyclic) bond motifs is 3. The summed E-state index contributed by atoms with van der Waals surface area (Å²) in [4.78, 5) is 7.53. The molecule has 0 saturated carbocycles. The van der Waals surface area contributed by atoms with Crippen molar-refractivity contribution in [1.82, 2.24) is 19.8 Å². The topological polar surface area (TPSA) is 80.5 Å². The van der Waals surface area contributed by atoms with Gasteiger partial charge in [0, 0.05) is 18.6 Å². The van der Waals surface area contributed by atoms with E-state index in [-0.39, 0.29) is 15.6 Å². The molecule has 3 heterocycles. The van der Waals surface area contributed by atoms with E-state index in [9.17, 15) is 8.42 Å². The van der Waals surface area contributed by atoms with Gasteiger partial charge in [0.1, 0.15) is 10.6 Å². The van der Waals surface area contributed by atoms with Crippen molar-refractivity contribution in [2.24, 2.45) is 0 Å². The van der Waals surface area contributed by atoms with E-state index in [1.165, 1.54) is 28.0 Å². The number of benzene rings is 2. The number of anilines is 1. The van der Waals surface area contributed by atoms with Gasteiger partial charge in [0.2, 0.25) is 14.9 Å². The van der Waals surface area contributed by atoms with Crippen LogP contribution in [0.25, 0.3) is 15.9 Å². The molecule has 0 atom stereocenters. The minimum atomic E-state index is -3.95. The maximum absolute atomic E-state index is 13.3. The number of thiophene rings is 1. The summed E-state index contributed by atoms with van der Waals surface area (Å²) in [7, 11) is -2.02. The Morgan fingerprint density at radius 2 is 1.90 bits per heavy atom. The molecule has 0 unspecified atom stereocenters. The van der Waals surface area contributed by atoms with Gasteiger partial charge in [-0.3, -0.25) is 0 Å². The van der Waals surface area contributed by atoms with Crippen LogP contribution in [0.2, 0.25) is 5.02 Å². The van der Waals surface area contributed by atoms with E-state index in [1.54, 1.807) is 12.1 Å². The lowest BCUT2D eigenvalue weighted by molar-refractivity contribution is 0.592. The van der Waals surface area contributed by atoms with Crippen LogP contribution < -0.4 is 4.90 Å². The van der Waals surface area contributed by atoms with Crippen LogP contribution in [0.1, 0.15) is 5.56 Å². The summed E-state index contributed by atoms with van der Waals surface area (Å²) in [5.41, 5.74) is 1.30. The lowest BCUT2D eigenvalue weighted by atomic mass is 10.2. The molecule has 5 rings (SSSR count). The van der Waals surface area contributed by atoms with Crippen molar-refractivity contribution in [3.63, 3.8) is 0 Å². The molecule has 0 aliphatic carbocycles. The van der Waals surface area contributed by atoms with Crippen molar-refractivity contribution in [1.29, 1.82) is 0 Å². The highest BCUT2D eigenvalue weighted by molar-refractivity contribution is 7.91. The summed E-state index contributed by atoms with van der Waals surface area (Å²) in [6.45, 7) is 0.618. The maximum atomic E-state index is 13.3. The highest BCUT2D eigenvalue weighted by Gasteiger charge is 2.28. The Morgan fingerprint density at radius 1 is 1.10 bits per heavy atom. The molecule has 0 amide bonds. The van der Waals surface area contributed by atoms with Crippen LogP contribution in [-0.4, -0.2) is 35.3 Å². The van der Waals surface area contributed by atoms with E-state index in [0.717, 1.165) is 15.8 Å². The van der Waals surface area contributed by atoms with E-state index in [4.69, 9.17) is 16.6 Å². The lowest BCUT2D eigenvalue weighted by Crippen LogP contribution is -2.18. The van der Waals surface area contributed by atoms with Gasteiger partial charge in [0.05, 0.1) is 10.3 Å². The summed E-state index contributed by atoms with van der Waals surface area (Å²) in [6.07, 6.45) is 0. The number of nitrogens with zero attached hydrogens (tertiary/aromatic N) is 5. The molecule has 0 aliphatic rings. The third-order valence-electron chi connectivity index (χ3n) is 4.89. The van der Waals surface area contributed by atoms with Crippen molar-refractivity contribution < 1.29 is 8.42 Å². The molecule has 10 heteroatoms. The molecule has 0 aliphatic heterocycles. The average molecular weight is 470 g/mol. The Hall–Kier alpha value is -3.01. The Bertz CT molecular complexity index is 1510. The fourth-order valence-corrected chi connectivity index (χ4v) is 5.81. The fraction of sp³-hybridized carbons (Fsp3) is 0.0952. The van der Waals surface area contributed by atoms with E-state index in [1.807, 2.05) is 53.7 Å². The first-order chi connectivity index (χ1) is 14.9. The van der Waals surface area contributed by atoms with Gasteiger partial charge in [-0.15, -0.1) is 16.4 Å². The molecule has 156 valence electrons. The van der Waals surface area contributed by atoms with Crippen molar-refractivity contribution >= 4 is 54.5 Å². The lowest BCUT2D eigenvalue weighted by Gasteiger charge is -2.19. The molecule has 0 saturated heterocycles. The zero-order valence-electron chi connectivity index (χ0n) is 16.3. The van der Waals surface area contributed by atoms with E-state index >= 15 is 0 Å². The van der Waals surface area contributed by atoms with Crippen molar-refractivity contribution in [2.45, 2.75) is 16.5 Å². The molecule has 5 aromatic rings. The van der Waals surface area contributed by atoms with Crippen LogP contribution in [0.15, 0.2) is 76.0 Å². The summed E-state index contributed by atoms with van der Waals surface area (Å²) >= 11 is 7.47. The zero-order chi connectivity index (χ0) is 21.6. The van der Waals surface area contributed by atoms with Crippen LogP contribution >= 0.6 is 22.9 Å². The monoisotopic (exact) mass is 469 g/mol. The second kappa shape index (κ2) is 7.60. The minimum Gasteiger partial charge on any atom is -0.355 e. The Morgan fingerprint density at radius 3 is 2.68 bits per heavy atom. The molecule has 0 bridgehead atoms. The first-order valence-electron chi connectivity index (χ1n) is 9.33.